The molecule has 2 rings (SSSR count). The molecule has 98 valence electrons. The third-order valence-electron chi connectivity index (χ3n) is 3.96. The van der Waals surface area contributed by atoms with Crippen LogP contribution in [0.25, 0.3) is 0 Å². The molecule has 2 saturated heterocycles. The number of rotatable bonds is 4. The molecule has 0 aromatic carbocycles. The summed E-state index contributed by atoms with van der Waals surface area (Å²) in [6.45, 7) is 4.25. The number of hydrogen-bond acceptors (Lipinski definition) is 3. The average Bonchev–Trinajstić information content (AvgIpc) is 2.62. The molecule has 1 amide bonds. The summed E-state index contributed by atoms with van der Waals surface area (Å²) in [6, 6.07) is 1.12. The van der Waals surface area contributed by atoms with Crippen molar-refractivity contribution in [2.75, 3.05) is 20.1 Å². The zero-order valence-corrected chi connectivity index (χ0v) is 11.0. The Morgan fingerprint density at radius 1 is 1.47 bits per heavy atom. The first-order valence-corrected chi connectivity index (χ1v) is 6.91. The Morgan fingerprint density at radius 3 is 2.88 bits per heavy atom. The van der Waals surface area contributed by atoms with Gasteiger partial charge in [0.15, 0.2) is 0 Å². The number of nitrogens with zero attached hydrogens (tertiary/aromatic N) is 1. The van der Waals surface area contributed by atoms with Crippen LogP contribution in [0.5, 0.6) is 0 Å². The number of carbonyl (C=O) groups is 1. The first-order chi connectivity index (χ1) is 8.16. The van der Waals surface area contributed by atoms with Crippen molar-refractivity contribution < 1.29 is 4.79 Å². The lowest BCUT2D eigenvalue weighted by molar-refractivity contribution is -0.128. The van der Waals surface area contributed by atoms with Crippen LogP contribution in [0.3, 0.4) is 0 Å². The standard InChI is InChI=1S/C13H25N3O/c1-10(9-11-5-3-4-7-14-11)15-12-6-8-16(2)13(12)17/h10-12,14-15H,3-9H2,1-2H3. The van der Waals surface area contributed by atoms with Gasteiger partial charge >= 0.3 is 0 Å². The molecule has 2 heterocycles. The van der Waals surface area contributed by atoms with Crippen LogP contribution < -0.4 is 10.6 Å². The molecule has 2 fully saturated rings. The van der Waals surface area contributed by atoms with E-state index in [0.717, 1.165) is 25.9 Å². The Morgan fingerprint density at radius 2 is 2.29 bits per heavy atom. The van der Waals surface area contributed by atoms with E-state index >= 15 is 0 Å². The van der Waals surface area contributed by atoms with E-state index in [1.165, 1.54) is 19.3 Å². The van der Waals surface area contributed by atoms with E-state index in [9.17, 15) is 4.79 Å². The molecule has 0 saturated carbocycles. The molecule has 17 heavy (non-hydrogen) atoms. The van der Waals surface area contributed by atoms with Crippen LogP contribution in [0, 0.1) is 0 Å². The quantitative estimate of drug-likeness (QED) is 0.760. The molecule has 2 aliphatic heterocycles. The van der Waals surface area contributed by atoms with Crippen molar-refractivity contribution in [3.63, 3.8) is 0 Å². The predicted molar refractivity (Wildman–Crippen MR) is 68.9 cm³/mol. The summed E-state index contributed by atoms with van der Waals surface area (Å²) in [5, 5.41) is 7.03. The predicted octanol–water partition coefficient (Wildman–Crippen LogP) is 0.727. The van der Waals surface area contributed by atoms with Gasteiger partial charge in [0.25, 0.3) is 0 Å². The van der Waals surface area contributed by atoms with E-state index in [0.29, 0.717) is 12.1 Å². The molecule has 0 aromatic heterocycles. The molecule has 0 radical (unpaired) electrons. The molecule has 4 heteroatoms. The van der Waals surface area contributed by atoms with Gasteiger partial charge in [-0.2, -0.15) is 0 Å². The Kier molecular flexibility index (Phi) is 4.40. The lowest BCUT2D eigenvalue weighted by Gasteiger charge is -2.27. The van der Waals surface area contributed by atoms with Crippen molar-refractivity contribution in [2.24, 2.45) is 0 Å². The monoisotopic (exact) mass is 239 g/mol. The molecule has 3 atom stereocenters. The minimum absolute atomic E-state index is 0.0543. The van der Waals surface area contributed by atoms with E-state index < -0.39 is 0 Å². The maximum atomic E-state index is 11.8. The van der Waals surface area contributed by atoms with Gasteiger partial charge in [-0.3, -0.25) is 4.79 Å². The normalized spacial score (nSPS) is 31.9. The van der Waals surface area contributed by atoms with Crippen molar-refractivity contribution in [2.45, 2.75) is 57.2 Å². The van der Waals surface area contributed by atoms with Crippen molar-refractivity contribution in [3.05, 3.63) is 0 Å². The van der Waals surface area contributed by atoms with Gasteiger partial charge < -0.3 is 15.5 Å². The van der Waals surface area contributed by atoms with Gasteiger partial charge in [0.2, 0.25) is 5.91 Å². The van der Waals surface area contributed by atoms with Gasteiger partial charge in [0.1, 0.15) is 0 Å². The van der Waals surface area contributed by atoms with Gasteiger partial charge in [-0.15, -0.1) is 0 Å². The molecule has 3 unspecified atom stereocenters. The zero-order chi connectivity index (χ0) is 12.3. The summed E-state index contributed by atoms with van der Waals surface area (Å²) in [7, 11) is 1.89. The van der Waals surface area contributed by atoms with Crippen molar-refractivity contribution >= 4 is 5.91 Å². The number of amides is 1. The van der Waals surface area contributed by atoms with Crippen LogP contribution in [0.4, 0.5) is 0 Å². The second-order valence-corrected chi connectivity index (χ2v) is 5.55. The molecular formula is C13H25N3O. The fraction of sp³-hybridized carbons (Fsp3) is 0.923. The lowest BCUT2D eigenvalue weighted by atomic mass is 9.98. The van der Waals surface area contributed by atoms with E-state index in [-0.39, 0.29) is 11.9 Å². The number of carbonyl (C=O) groups excluding carboxylic acids is 1. The highest BCUT2D eigenvalue weighted by atomic mass is 16.2. The number of piperidine rings is 1. The third-order valence-corrected chi connectivity index (χ3v) is 3.96. The number of likely N-dealkylation sites (tertiary alicyclic amines) is 1. The minimum atomic E-state index is 0.0543. The van der Waals surface area contributed by atoms with Crippen LogP contribution in [0.15, 0.2) is 0 Å². The van der Waals surface area contributed by atoms with Gasteiger partial charge in [0, 0.05) is 25.7 Å². The van der Waals surface area contributed by atoms with Crippen LogP contribution in [-0.2, 0) is 4.79 Å². The van der Waals surface area contributed by atoms with Crippen molar-refractivity contribution in [1.82, 2.24) is 15.5 Å². The first-order valence-electron chi connectivity index (χ1n) is 6.91. The Labute approximate surface area is 104 Å². The van der Waals surface area contributed by atoms with Crippen LogP contribution >= 0.6 is 0 Å². The summed E-state index contributed by atoms with van der Waals surface area (Å²) in [5.74, 6) is 0.258. The van der Waals surface area contributed by atoms with Crippen LogP contribution in [0.1, 0.15) is 39.0 Å². The molecule has 0 aromatic rings. The summed E-state index contributed by atoms with van der Waals surface area (Å²) >= 11 is 0. The van der Waals surface area contributed by atoms with Crippen molar-refractivity contribution in [1.29, 1.82) is 0 Å². The van der Waals surface area contributed by atoms with Gasteiger partial charge in [-0.1, -0.05) is 6.42 Å². The highest BCUT2D eigenvalue weighted by Gasteiger charge is 2.30. The van der Waals surface area contributed by atoms with E-state index in [2.05, 4.69) is 17.6 Å². The highest BCUT2D eigenvalue weighted by molar-refractivity contribution is 5.83. The maximum absolute atomic E-state index is 11.8. The maximum Gasteiger partial charge on any atom is 0.239 e. The SMILES string of the molecule is CC(CC1CCCCN1)NC1CCN(C)C1=O. The molecule has 4 nitrogen and oxygen atoms in total. The third kappa shape index (κ3) is 3.42. The van der Waals surface area contributed by atoms with Crippen LogP contribution in [-0.4, -0.2) is 49.1 Å². The molecule has 0 spiro atoms. The Balaban J connectivity index is 1.73. The largest absolute Gasteiger partial charge is 0.344 e. The van der Waals surface area contributed by atoms with E-state index in [1.54, 1.807) is 0 Å². The van der Waals surface area contributed by atoms with Gasteiger partial charge in [0.05, 0.1) is 6.04 Å². The average molecular weight is 239 g/mol. The van der Waals surface area contributed by atoms with E-state index in [1.807, 2.05) is 11.9 Å². The fourth-order valence-electron chi connectivity index (χ4n) is 2.94. The molecule has 2 N–H and O–H groups in total. The lowest BCUT2D eigenvalue weighted by Crippen LogP contribution is -2.45. The van der Waals surface area contributed by atoms with E-state index in [4.69, 9.17) is 0 Å². The smallest absolute Gasteiger partial charge is 0.239 e. The second-order valence-electron chi connectivity index (χ2n) is 5.55. The minimum Gasteiger partial charge on any atom is -0.344 e. The Bertz CT molecular complexity index is 263. The zero-order valence-electron chi connectivity index (χ0n) is 11.0. The topological polar surface area (TPSA) is 44.4 Å². The Hall–Kier alpha value is -0.610. The number of likely N-dealkylation sites (N-methyl/N-ethyl adjacent to an activating group) is 1. The summed E-state index contributed by atoms with van der Waals surface area (Å²) in [4.78, 5) is 13.6. The highest BCUT2D eigenvalue weighted by Crippen LogP contribution is 2.14. The summed E-state index contributed by atoms with van der Waals surface area (Å²) in [6.07, 6.45) is 6.02. The second kappa shape index (κ2) is 5.83. The molecule has 0 aliphatic carbocycles. The van der Waals surface area contributed by atoms with Crippen molar-refractivity contribution in [3.8, 4) is 0 Å². The summed E-state index contributed by atoms with van der Waals surface area (Å²) in [5.41, 5.74) is 0. The molecule has 0 bridgehead atoms. The summed E-state index contributed by atoms with van der Waals surface area (Å²) < 4.78 is 0. The number of hydrogen-bond donors (Lipinski definition) is 2. The van der Waals surface area contributed by atoms with Gasteiger partial charge in [-0.25, -0.2) is 0 Å². The van der Waals surface area contributed by atoms with Crippen LogP contribution in [0.2, 0.25) is 0 Å². The first kappa shape index (κ1) is 12.8. The fourth-order valence-corrected chi connectivity index (χ4v) is 2.94. The van der Waals surface area contributed by atoms with Gasteiger partial charge in [-0.05, 0) is 39.2 Å². The molecular weight excluding hydrogens is 214 g/mol. The number of nitrogens with one attached hydrogen (secondary N) is 2. The molecule has 2 aliphatic rings.